The molecule has 0 fully saturated rings. The van der Waals surface area contributed by atoms with Crippen molar-refractivity contribution >= 4 is 5.84 Å². The number of hydrogen-bond donors (Lipinski definition) is 2. The van der Waals surface area contributed by atoms with Crippen molar-refractivity contribution in [2.45, 2.75) is 18.8 Å². The first-order valence-electron chi connectivity index (χ1n) is 4.61. The summed E-state index contributed by atoms with van der Waals surface area (Å²) in [4.78, 5) is 0. The molecule has 0 unspecified atom stereocenters. The molecule has 0 bridgehead atoms. The Balaban J connectivity index is 3.34. The van der Waals surface area contributed by atoms with Crippen LogP contribution >= 0.6 is 0 Å². The zero-order valence-electron chi connectivity index (χ0n) is 8.78. The first-order chi connectivity index (χ1) is 8.00. The van der Waals surface area contributed by atoms with Crippen LogP contribution in [0.4, 0.5) is 26.3 Å². The van der Waals surface area contributed by atoms with E-state index in [-0.39, 0.29) is 11.6 Å². The average Bonchev–Trinajstić information content (AvgIpc) is 2.13. The van der Waals surface area contributed by atoms with Gasteiger partial charge in [0.15, 0.2) is 0 Å². The Hall–Kier alpha value is -1.73. The molecule has 2 nitrogen and oxygen atoms in total. The molecule has 0 spiro atoms. The number of nitrogens with two attached hydrogens (primary N) is 1. The SMILES string of the molecule is N=C(N)Cc1cc(C(F)(F)F)cc(C(F)(F)F)c1. The summed E-state index contributed by atoms with van der Waals surface area (Å²) < 4.78 is 74.5. The lowest BCUT2D eigenvalue weighted by Gasteiger charge is -2.13. The van der Waals surface area contributed by atoms with Gasteiger partial charge in [-0.25, -0.2) is 0 Å². The highest BCUT2D eigenvalue weighted by atomic mass is 19.4. The largest absolute Gasteiger partial charge is 0.416 e. The van der Waals surface area contributed by atoms with Crippen LogP contribution in [0, 0.1) is 5.41 Å². The summed E-state index contributed by atoms with van der Waals surface area (Å²) >= 11 is 0. The van der Waals surface area contributed by atoms with Gasteiger partial charge in [-0.3, -0.25) is 5.41 Å². The zero-order chi connectivity index (χ0) is 14.1. The van der Waals surface area contributed by atoms with Crippen LogP contribution in [0.3, 0.4) is 0 Å². The van der Waals surface area contributed by atoms with Crippen molar-refractivity contribution in [3.8, 4) is 0 Å². The second kappa shape index (κ2) is 4.51. The van der Waals surface area contributed by atoms with E-state index < -0.39 is 35.7 Å². The van der Waals surface area contributed by atoms with E-state index in [9.17, 15) is 26.3 Å². The predicted octanol–water partition coefficient (Wildman–Crippen LogP) is 3.20. The molecule has 0 atom stereocenters. The molecule has 8 heteroatoms. The van der Waals surface area contributed by atoms with E-state index in [4.69, 9.17) is 11.1 Å². The van der Waals surface area contributed by atoms with Gasteiger partial charge in [-0.2, -0.15) is 26.3 Å². The van der Waals surface area contributed by atoms with Crippen molar-refractivity contribution in [1.82, 2.24) is 0 Å². The number of rotatable bonds is 2. The van der Waals surface area contributed by atoms with Crippen LogP contribution in [0.1, 0.15) is 16.7 Å². The number of alkyl halides is 6. The lowest BCUT2D eigenvalue weighted by molar-refractivity contribution is -0.143. The molecule has 0 saturated carbocycles. The highest BCUT2D eigenvalue weighted by Gasteiger charge is 2.36. The van der Waals surface area contributed by atoms with Gasteiger partial charge in [0.25, 0.3) is 0 Å². The Bertz CT molecular complexity index is 428. The maximum atomic E-state index is 12.4. The highest BCUT2D eigenvalue weighted by Crippen LogP contribution is 2.36. The van der Waals surface area contributed by atoms with E-state index >= 15 is 0 Å². The summed E-state index contributed by atoms with van der Waals surface area (Å²) in [6.45, 7) is 0. The van der Waals surface area contributed by atoms with Gasteiger partial charge in [0, 0.05) is 6.42 Å². The van der Waals surface area contributed by atoms with E-state index in [0.29, 0.717) is 12.1 Å². The van der Waals surface area contributed by atoms with Gasteiger partial charge in [-0.05, 0) is 23.8 Å². The van der Waals surface area contributed by atoms with Crippen molar-refractivity contribution in [1.29, 1.82) is 5.41 Å². The number of amidine groups is 1. The molecule has 0 aliphatic heterocycles. The normalized spacial score (nSPS) is 12.6. The monoisotopic (exact) mass is 270 g/mol. The summed E-state index contributed by atoms with van der Waals surface area (Å²) in [5.74, 6) is -0.512. The standard InChI is InChI=1S/C10H8F6N2/c11-9(12,13)6-1-5(3-8(17)18)2-7(4-6)10(14,15)16/h1-2,4H,3H2,(H3,17,18). The Morgan fingerprint density at radius 2 is 1.33 bits per heavy atom. The molecule has 0 heterocycles. The van der Waals surface area contributed by atoms with Crippen LogP contribution in [0.5, 0.6) is 0 Å². The highest BCUT2D eigenvalue weighted by molar-refractivity contribution is 5.79. The molecule has 0 saturated heterocycles. The lowest BCUT2D eigenvalue weighted by Crippen LogP contribution is -2.16. The van der Waals surface area contributed by atoms with Crippen LogP contribution in [-0.2, 0) is 18.8 Å². The van der Waals surface area contributed by atoms with Gasteiger partial charge in [0.05, 0.1) is 17.0 Å². The van der Waals surface area contributed by atoms with Gasteiger partial charge in [0.2, 0.25) is 0 Å². The quantitative estimate of drug-likeness (QED) is 0.484. The maximum Gasteiger partial charge on any atom is 0.416 e. The Labute approximate surface area is 97.9 Å². The van der Waals surface area contributed by atoms with E-state index in [1.165, 1.54) is 0 Å². The van der Waals surface area contributed by atoms with Gasteiger partial charge in [-0.1, -0.05) is 0 Å². The number of hydrogen-bond acceptors (Lipinski definition) is 1. The zero-order valence-corrected chi connectivity index (χ0v) is 8.78. The minimum atomic E-state index is -4.88. The Morgan fingerprint density at radius 1 is 0.944 bits per heavy atom. The summed E-state index contributed by atoms with van der Waals surface area (Å²) in [5.41, 5.74) is 1.84. The average molecular weight is 270 g/mol. The molecular formula is C10H8F6N2. The third kappa shape index (κ3) is 3.64. The third-order valence-corrected chi connectivity index (χ3v) is 2.04. The van der Waals surface area contributed by atoms with E-state index in [1.807, 2.05) is 0 Å². The summed E-state index contributed by atoms with van der Waals surface area (Å²) in [6, 6.07) is 1.14. The van der Waals surface area contributed by atoms with Crippen LogP contribution in [0.15, 0.2) is 18.2 Å². The Kier molecular flexibility index (Phi) is 3.59. The van der Waals surface area contributed by atoms with Crippen molar-refractivity contribution < 1.29 is 26.3 Å². The fourth-order valence-corrected chi connectivity index (χ4v) is 1.34. The van der Waals surface area contributed by atoms with Crippen molar-refractivity contribution in [2.24, 2.45) is 5.73 Å². The van der Waals surface area contributed by atoms with Gasteiger partial charge in [-0.15, -0.1) is 0 Å². The molecule has 0 aliphatic carbocycles. The second-order valence-electron chi connectivity index (χ2n) is 3.62. The number of benzene rings is 1. The molecule has 1 aromatic carbocycles. The lowest BCUT2D eigenvalue weighted by atomic mass is 10.0. The molecule has 0 radical (unpaired) electrons. The van der Waals surface area contributed by atoms with Crippen LogP contribution < -0.4 is 5.73 Å². The molecule has 0 amide bonds. The van der Waals surface area contributed by atoms with Gasteiger partial charge >= 0.3 is 12.4 Å². The molecule has 18 heavy (non-hydrogen) atoms. The van der Waals surface area contributed by atoms with E-state index in [2.05, 4.69) is 0 Å². The summed E-state index contributed by atoms with van der Waals surface area (Å²) in [6.07, 6.45) is -10.2. The second-order valence-corrected chi connectivity index (χ2v) is 3.62. The fourth-order valence-electron chi connectivity index (χ4n) is 1.34. The summed E-state index contributed by atoms with van der Waals surface area (Å²) in [7, 11) is 0. The topological polar surface area (TPSA) is 49.9 Å². The van der Waals surface area contributed by atoms with Crippen molar-refractivity contribution in [3.63, 3.8) is 0 Å². The molecule has 3 N–H and O–H groups in total. The number of halogens is 6. The van der Waals surface area contributed by atoms with E-state index in [0.717, 1.165) is 0 Å². The molecule has 0 aliphatic rings. The molecule has 0 aromatic heterocycles. The van der Waals surface area contributed by atoms with Crippen LogP contribution in [-0.4, -0.2) is 5.84 Å². The van der Waals surface area contributed by atoms with Gasteiger partial charge in [0.1, 0.15) is 0 Å². The van der Waals surface area contributed by atoms with Gasteiger partial charge < -0.3 is 5.73 Å². The van der Waals surface area contributed by atoms with Crippen molar-refractivity contribution in [3.05, 3.63) is 34.9 Å². The Morgan fingerprint density at radius 3 is 1.61 bits per heavy atom. The van der Waals surface area contributed by atoms with Crippen LogP contribution in [0.25, 0.3) is 0 Å². The smallest absolute Gasteiger partial charge is 0.387 e. The number of nitrogens with one attached hydrogen (secondary N) is 1. The molecule has 100 valence electrons. The van der Waals surface area contributed by atoms with Crippen LogP contribution in [0.2, 0.25) is 0 Å². The van der Waals surface area contributed by atoms with Crippen molar-refractivity contribution in [2.75, 3.05) is 0 Å². The minimum Gasteiger partial charge on any atom is -0.387 e. The fraction of sp³-hybridized carbons (Fsp3) is 0.300. The first kappa shape index (κ1) is 14.3. The maximum absolute atomic E-state index is 12.4. The van der Waals surface area contributed by atoms with E-state index in [1.54, 1.807) is 0 Å². The minimum absolute atomic E-state index is 0.0314. The predicted molar refractivity (Wildman–Crippen MR) is 52.1 cm³/mol. The third-order valence-electron chi connectivity index (χ3n) is 2.04. The molecular weight excluding hydrogens is 262 g/mol. The molecule has 1 rings (SSSR count). The summed E-state index contributed by atoms with van der Waals surface area (Å²) in [5, 5.41) is 6.90. The molecule has 1 aromatic rings. The first-order valence-corrected chi connectivity index (χ1v) is 4.61.